The maximum Gasteiger partial charge on any atom is 0.252 e. The second-order valence-corrected chi connectivity index (χ2v) is 25.7. The highest BCUT2D eigenvalue weighted by Gasteiger charge is 2.53. The van der Waals surface area contributed by atoms with Crippen LogP contribution < -0.4 is 30.9 Å². The van der Waals surface area contributed by atoms with Gasteiger partial charge in [-0.25, -0.2) is 0 Å². The van der Waals surface area contributed by atoms with E-state index < -0.39 is 5.41 Å². The van der Waals surface area contributed by atoms with Gasteiger partial charge in [0.2, 0.25) is 0 Å². The highest BCUT2D eigenvalue weighted by Crippen LogP contribution is 2.63. The molecular formula is C81H63BN2O. The van der Waals surface area contributed by atoms with Crippen LogP contribution in [-0.4, -0.2) is 6.71 Å². The van der Waals surface area contributed by atoms with E-state index in [-0.39, 0.29) is 17.5 Å². The Kier molecular flexibility index (Phi) is 11.4. The Labute approximate surface area is 500 Å². The van der Waals surface area contributed by atoms with Crippen molar-refractivity contribution in [2.45, 2.75) is 57.8 Å². The number of hydrogen-bond acceptors (Lipinski definition) is 3. The minimum Gasteiger partial charge on any atom is -0.457 e. The molecule has 85 heavy (non-hydrogen) atoms. The van der Waals surface area contributed by atoms with E-state index in [9.17, 15) is 0 Å². The van der Waals surface area contributed by atoms with Crippen LogP contribution in [0.15, 0.2) is 273 Å². The van der Waals surface area contributed by atoms with Crippen LogP contribution in [0, 0.1) is 0 Å². The van der Waals surface area contributed by atoms with E-state index in [4.69, 9.17) is 4.74 Å². The van der Waals surface area contributed by atoms with Crippen LogP contribution >= 0.6 is 0 Å². The Morgan fingerprint density at radius 3 is 1.19 bits per heavy atom. The van der Waals surface area contributed by atoms with E-state index in [1.807, 2.05) is 0 Å². The maximum absolute atomic E-state index is 7.47. The van der Waals surface area contributed by atoms with E-state index >= 15 is 0 Å². The average molecular weight is 1090 g/mol. The Morgan fingerprint density at radius 1 is 0.306 bits per heavy atom. The molecule has 0 bridgehead atoms. The first kappa shape index (κ1) is 50.8. The predicted octanol–water partition coefficient (Wildman–Crippen LogP) is 19.5. The predicted molar refractivity (Wildman–Crippen MR) is 357 cm³/mol. The molecule has 0 saturated carbocycles. The zero-order valence-corrected chi connectivity index (χ0v) is 48.9. The molecule has 0 unspecified atom stereocenters. The van der Waals surface area contributed by atoms with Crippen molar-refractivity contribution in [1.82, 2.24) is 0 Å². The lowest BCUT2D eigenvalue weighted by Gasteiger charge is -2.47. The van der Waals surface area contributed by atoms with E-state index in [0.717, 1.165) is 67.6 Å². The highest BCUT2D eigenvalue weighted by atomic mass is 16.5. The molecule has 0 amide bonds. The van der Waals surface area contributed by atoms with Gasteiger partial charge in [0.15, 0.2) is 0 Å². The normalized spacial score (nSPS) is 13.9. The van der Waals surface area contributed by atoms with Crippen LogP contribution in [0.2, 0.25) is 0 Å². The summed E-state index contributed by atoms with van der Waals surface area (Å²) in [6.45, 7) is 14.0. The van der Waals surface area contributed by atoms with Gasteiger partial charge in [-0.05, 0) is 166 Å². The van der Waals surface area contributed by atoms with Crippen molar-refractivity contribution in [3.63, 3.8) is 0 Å². The fraction of sp³-hybridized carbons (Fsp3) is 0.111. The zero-order chi connectivity index (χ0) is 57.3. The number of fused-ring (bicyclic) bond motifs is 13. The SMILES string of the molecule is CC(C)(C)c1ccc2c(c1)B1c3cc4c(cc3N(c3cc(-c5ccccc5)cc(-c5ccccc5)c3)c3cc(C(C)(C)C)cc(c31)N2c1cc(-c2ccccc2)cc(-c2ccccc2)c1)Oc1ccccc1C41c2ccccc2-c2ccccc21. The fourth-order valence-electron chi connectivity index (χ4n) is 14.5. The van der Waals surface area contributed by atoms with Crippen molar-refractivity contribution in [3.05, 3.63) is 306 Å². The Morgan fingerprint density at radius 2 is 0.718 bits per heavy atom. The van der Waals surface area contributed by atoms with Gasteiger partial charge in [0.05, 0.1) is 5.41 Å². The summed E-state index contributed by atoms with van der Waals surface area (Å²) in [4.78, 5) is 5.23. The molecule has 0 aromatic heterocycles. The third kappa shape index (κ3) is 7.95. The Balaban J connectivity index is 1.06. The Hall–Kier alpha value is -9.90. The number of benzene rings is 12. The lowest BCUT2D eigenvalue weighted by atomic mass is 9.33. The monoisotopic (exact) mass is 1090 g/mol. The van der Waals surface area contributed by atoms with Gasteiger partial charge in [-0.2, -0.15) is 0 Å². The van der Waals surface area contributed by atoms with Crippen molar-refractivity contribution in [2.24, 2.45) is 0 Å². The number of rotatable bonds is 6. The second-order valence-electron chi connectivity index (χ2n) is 25.7. The summed E-state index contributed by atoms with van der Waals surface area (Å²) in [5.41, 5.74) is 28.8. The van der Waals surface area contributed by atoms with E-state index in [1.165, 1.54) is 83.4 Å². The van der Waals surface area contributed by atoms with Crippen molar-refractivity contribution in [1.29, 1.82) is 0 Å². The van der Waals surface area contributed by atoms with Crippen molar-refractivity contribution in [2.75, 3.05) is 9.80 Å². The third-order valence-corrected chi connectivity index (χ3v) is 18.5. The lowest BCUT2D eigenvalue weighted by molar-refractivity contribution is 0.437. The molecule has 1 spiro atoms. The molecule has 12 aromatic rings. The molecule has 0 radical (unpaired) electrons. The molecule has 406 valence electrons. The van der Waals surface area contributed by atoms with Crippen LogP contribution in [0.1, 0.15) is 74.9 Å². The summed E-state index contributed by atoms with van der Waals surface area (Å²) in [6, 6.07) is 102. The van der Waals surface area contributed by atoms with Crippen molar-refractivity contribution < 1.29 is 4.74 Å². The second kappa shape index (κ2) is 19.1. The standard InChI is InChI=1S/C81H63BN2O/c1-79(2,3)60-39-40-72-70(47-60)82-71-50-69-77(85-76-38-24-23-37-68(76)81(69)66-35-21-19-33-64(66)65-34-20-22-36-67(65)81)51-73(71)84(63-45-58(54-29-15-9-16-30-54)42-59(46-63)55-31-17-10-18-32-55)75-49-61(80(4,5)6)48-74(78(75)82)83(72)62-43-56(52-25-11-7-12-26-52)41-57(44-62)53-27-13-8-14-28-53/h7-51H,1-6H3. The van der Waals surface area contributed by atoms with Gasteiger partial charge in [-0.3, -0.25) is 0 Å². The topological polar surface area (TPSA) is 15.7 Å². The summed E-state index contributed by atoms with van der Waals surface area (Å²) in [5.74, 6) is 1.74. The minimum absolute atomic E-state index is 0.142. The first-order chi connectivity index (χ1) is 41.4. The number of ether oxygens (including phenoxy) is 1. The van der Waals surface area contributed by atoms with Crippen LogP contribution in [0.25, 0.3) is 55.6 Å². The molecule has 0 saturated heterocycles. The molecule has 3 aliphatic heterocycles. The van der Waals surface area contributed by atoms with Gasteiger partial charge < -0.3 is 14.5 Å². The highest BCUT2D eigenvalue weighted by molar-refractivity contribution is 7.00. The van der Waals surface area contributed by atoms with E-state index in [2.05, 4.69) is 324 Å². The molecule has 12 aromatic carbocycles. The molecule has 16 rings (SSSR count). The zero-order valence-electron chi connectivity index (χ0n) is 48.9. The van der Waals surface area contributed by atoms with Gasteiger partial charge in [0.25, 0.3) is 6.71 Å². The Bertz CT molecular complexity index is 4490. The first-order valence-corrected chi connectivity index (χ1v) is 30.0. The molecule has 3 nitrogen and oxygen atoms in total. The van der Waals surface area contributed by atoms with Crippen molar-refractivity contribution >= 4 is 57.2 Å². The summed E-state index contributed by atoms with van der Waals surface area (Å²) in [6.07, 6.45) is 0. The average Bonchev–Trinajstić information content (AvgIpc) is 1.70. The minimum atomic E-state index is -0.674. The van der Waals surface area contributed by atoms with E-state index in [1.54, 1.807) is 0 Å². The van der Waals surface area contributed by atoms with Gasteiger partial charge in [-0.15, -0.1) is 0 Å². The molecule has 3 heterocycles. The van der Waals surface area contributed by atoms with Crippen LogP contribution in [-0.2, 0) is 16.2 Å². The summed E-state index contributed by atoms with van der Waals surface area (Å²) in [7, 11) is 0. The molecular weight excluding hydrogens is 1030 g/mol. The number of nitrogens with zero attached hydrogens (tertiary/aromatic N) is 2. The number of para-hydroxylation sites is 1. The maximum atomic E-state index is 7.47. The lowest BCUT2D eigenvalue weighted by Crippen LogP contribution is -2.62. The van der Waals surface area contributed by atoms with Gasteiger partial charge in [0, 0.05) is 51.3 Å². The quantitative estimate of drug-likeness (QED) is 0.154. The molecule has 0 atom stereocenters. The van der Waals surface area contributed by atoms with Gasteiger partial charge >= 0.3 is 0 Å². The molecule has 4 heteroatoms. The van der Waals surface area contributed by atoms with Crippen molar-refractivity contribution in [3.8, 4) is 67.1 Å². The molecule has 4 aliphatic rings. The number of hydrogen-bond donors (Lipinski definition) is 0. The fourth-order valence-corrected chi connectivity index (χ4v) is 14.5. The largest absolute Gasteiger partial charge is 0.457 e. The summed E-state index contributed by atoms with van der Waals surface area (Å²) < 4.78 is 7.47. The summed E-state index contributed by atoms with van der Waals surface area (Å²) >= 11 is 0. The molecule has 1 aliphatic carbocycles. The van der Waals surface area contributed by atoms with Gasteiger partial charge in [-0.1, -0.05) is 248 Å². The molecule has 0 fully saturated rings. The summed E-state index contributed by atoms with van der Waals surface area (Å²) in [5, 5.41) is 0. The van der Waals surface area contributed by atoms with E-state index in [0.29, 0.717) is 0 Å². The number of anilines is 6. The third-order valence-electron chi connectivity index (χ3n) is 18.5. The smallest absolute Gasteiger partial charge is 0.252 e. The van der Waals surface area contributed by atoms with Gasteiger partial charge in [0.1, 0.15) is 11.5 Å². The van der Waals surface area contributed by atoms with Crippen LogP contribution in [0.5, 0.6) is 11.5 Å². The molecule has 0 N–H and O–H groups in total. The van der Waals surface area contributed by atoms with Crippen LogP contribution in [0.3, 0.4) is 0 Å². The first-order valence-electron chi connectivity index (χ1n) is 30.0. The van der Waals surface area contributed by atoms with Crippen LogP contribution in [0.4, 0.5) is 34.1 Å².